The highest BCUT2D eigenvalue weighted by Gasteiger charge is 2.53. The Morgan fingerprint density at radius 3 is 2.61 bits per heavy atom. The van der Waals surface area contributed by atoms with Crippen LogP contribution in [0, 0.1) is 5.41 Å². The molecular weight excluding hydrogens is 484 g/mol. The summed E-state index contributed by atoms with van der Waals surface area (Å²) in [6, 6.07) is 11.4. The zero-order chi connectivity index (χ0) is 27.5. The molecule has 0 bridgehead atoms. The maximum absolute atomic E-state index is 13.6. The van der Waals surface area contributed by atoms with Gasteiger partial charge in [-0.25, -0.2) is 0 Å². The van der Waals surface area contributed by atoms with Crippen LogP contribution in [0.15, 0.2) is 42.5 Å². The van der Waals surface area contributed by atoms with Crippen LogP contribution in [-0.4, -0.2) is 51.1 Å². The number of aliphatic hydroxyl groups is 1. The van der Waals surface area contributed by atoms with E-state index in [1.54, 1.807) is 39.0 Å². The van der Waals surface area contributed by atoms with E-state index >= 15 is 0 Å². The maximum Gasteiger partial charge on any atom is 0.251 e. The van der Waals surface area contributed by atoms with Gasteiger partial charge in [-0.1, -0.05) is 25.1 Å². The summed E-state index contributed by atoms with van der Waals surface area (Å²) in [5.41, 5.74) is -1.05. The molecule has 0 saturated carbocycles. The number of nitrogens with one attached hydrogen (secondary N) is 3. The average Bonchev–Trinajstić information content (AvgIpc) is 2.86. The minimum Gasteiger partial charge on any atom is -0.493 e. The van der Waals surface area contributed by atoms with Crippen molar-refractivity contribution < 1.29 is 24.2 Å². The molecule has 1 fully saturated rings. The van der Waals surface area contributed by atoms with Crippen molar-refractivity contribution in [3.05, 3.63) is 59.2 Å². The fraction of sp³-hybridized carbons (Fsp3) is 0.483. The van der Waals surface area contributed by atoms with Crippen molar-refractivity contribution in [1.82, 2.24) is 15.5 Å². The van der Waals surface area contributed by atoms with Gasteiger partial charge in [0.2, 0.25) is 5.91 Å². The Morgan fingerprint density at radius 2 is 1.89 bits per heavy atom. The summed E-state index contributed by atoms with van der Waals surface area (Å²) >= 11 is 0. The molecule has 3 aliphatic heterocycles. The summed E-state index contributed by atoms with van der Waals surface area (Å²) in [5, 5.41) is 26.3. The fourth-order valence-corrected chi connectivity index (χ4v) is 5.54. The highest BCUT2D eigenvalue weighted by Crippen LogP contribution is 2.46. The van der Waals surface area contributed by atoms with Gasteiger partial charge in [0.1, 0.15) is 22.7 Å². The van der Waals surface area contributed by atoms with Crippen LogP contribution >= 0.6 is 0 Å². The average molecular weight is 521 g/mol. The molecule has 4 atom stereocenters. The zero-order valence-corrected chi connectivity index (χ0v) is 22.6. The number of rotatable bonds is 4. The van der Waals surface area contributed by atoms with E-state index in [1.165, 1.54) is 4.90 Å². The van der Waals surface area contributed by atoms with Crippen molar-refractivity contribution in [2.45, 2.75) is 82.7 Å². The Labute approximate surface area is 223 Å². The first-order chi connectivity index (χ1) is 17.9. The van der Waals surface area contributed by atoms with E-state index in [-0.39, 0.29) is 24.2 Å². The number of ether oxygens (including phenoxy) is 2. The quantitative estimate of drug-likeness (QED) is 0.486. The molecule has 3 aliphatic rings. The Hall–Kier alpha value is -3.59. The van der Waals surface area contributed by atoms with Crippen LogP contribution in [-0.2, 0) is 4.79 Å². The number of carbonyl (C=O) groups excluding carboxylic acids is 2. The van der Waals surface area contributed by atoms with Crippen LogP contribution in [0.2, 0.25) is 0 Å². The molecule has 2 aromatic rings. The van der Waals surface area contributed by atoms with Gasteiger partial charge in [-0.2, -0.15) is 0 Å². The summed E-state index contributed by atoms with van der Waals surface area (Å²) in [7, 11) is 0. The van der Waals surface area contributed by atoms with Crippen molar-refractivity contribution in [1.29, 1.82) is 5.41 Å². The first kappa shape index (κ1) is 26.0. The number of nitrogens with zero attached hydrogens (tertiary/aromatic N) is 1. The molecule has 3 unspecified atom stereocenters. The SMILES string of the molecule is CCC1(C)CC(=O)N([C@@H]2CCOc3ccc(C(=O)NC4c5ccccc5OC(C)(C)C4(C)O)cc32)C(=N)N1. The second kappa shape index (κ2) is 9.01. The second-order valence-corrected chi connectivity index (χ2v) is 11.4. The van der Waals surface area contributed by atoms with Gasteiger partial charge >= 0.3 is 0 Å². The molecule has 3 heterocycles. The topological polar surface area (TPSA) is 124 Å². The third-order valence-corrected chi connectivity index (χ3v) is 8.49. The summed E-state index contributed by atoms with van der Waals surface area (Å²) in [4.78, 5) is 28.3. The molecular formula is C29H36N4O5. The standard InChI is InChI=1S/C29H36N4O5/c1-6-28(4)16-23(34)33(26(30)32-28)20-13-14-37-21-12-11-17(15-19(20)21)25(35)31-24-18-9-7-8-10-22(18)38-27(2,3)29(24,5)36/h7-12,15,20,24,36H,6,13-14,16H2,1-5H3,(H2,30,32)(H,31,35)/t20-,24?,28?,29?/m1/s1. The lowest BCUT2D eigenvalue weighted by atomic mass is 9.75. The van der Waals surface area contributed by atoms with E-state index in [4.69, 9.17) is 14.9 Å². The first-order valence-electron chi connectivity index (χ1n) is 13.1. The molecule has 202 valence electrons. The number of para-hydroxylation sites is 1. The van der Waals surface area contributed by atoms with Gasteiger partial charge in [-0.3, -0.25) is 19.9 Å². The molecule has 0 aliphatic carbocycles. The van der Waals surface area contributed by atoms with Gasteiger partial charge in [0.15, 0.2) is 5.96 Å². The van der Waals surface area contributed by atoms with Gasteiger partial charge in [0, 0.05) is 28.7 Å². The van der Waals surface area contributed by atoms with Crippen molar-refractivity contribution in [2.75, 3.05) is 6.61 Å². The number of guanidine groups is 1. The number of benzene rings is 2. The Bertz CT molecular complexity index is 1290. The van der Waals surface area contributed by atoms with Gasteiger partial charge in [0.05, 0.1) is 25.1 Å². The van der Waals surface area contributed by atoms with Crippen molar-refractivity contribution >= 4 is 17.8 Å². The number of hydrogen-bond acceptors (Lipinski definition) is 6. The lowest BCUT2D eigenvalue weighted by molar-refractivity contribution is -0.137. The van der Waals surface area contributed by atoms with Gasteiger partial charge in [-0.15, -0.1) is 0 Å². The molecule has 0 radical (unpaired) electrons. The summed E-state index contributed by atoms with van der Waals surface area (Å²) < 4.78 is 11.9. The minimum atomic E-state index is -1.40. The van der Waals surface area contributed by atoms with Crippen molar-refractivity contribution in [3.63, 3.8) is 0 Å². The monoisotopic (exact) mass is 520 g/mol. The van der Waals surface area contributed by atoms with Crippen LogP contribution in [0.1, 0.15) is 87.4 Å². The van der Waals surface area contributed by atoms with Crippen LogP contribution in [0.4, 0.5) is 0 Å². The molecule has 5 rings (SSSR count). The predicted octanol–water partition coefficient (Wildman–Crippen LogP) is 3.83. The summed E-state index contributed by atoms with van der Waals surface area (Å²) in [6.45, 7) is 9.60. The van der Waals surface area contributed by atoms with E-state index in [2.05, 4.69) is 10.6 Å². The van der Waals surface area contributed by atoms with E-state index in [1.807, 2.05) is 38.1 Å². The normalized spacial score (nSPS) is 29.8. The van der Waals surface area contributed by atoms with Crippen LogP contribution in [0.3, 0.4) is 0 Å². The van der Waals surface area contributed by atoms with E-state index in [9.17, 15) is 14.7 Å². The van der Waals surface area contributed by atoms with Gasteiger partial charge in [-0.05, 0) is 58.4 Å². The smallest absolute Gasteiger partial charge is 0.251 e. The van der Waals surface area contributed by atoms with Crippen molar-refractivity contribution in [2.24, 2.45) is 0 Å². The number of amides is 2. The summed E-state index contributed by atoms with van der Waals surface area (Å²) in [6.07, 6.45) is 1.51. The lowest BCUT2D eigenvalue weighted by Crippen LogP contribution is -2.62. The predicted molar refractivity (Wildman–Crippen MR) is 142 cm³/mol. The van der Waals surface area contributed by atoms with Crippen LogP contribution in [0.25, 0.3) is 0 Å². The third-order valence-electron chi connectivity index (χ3n) is 8.49. The Balaban J connectivity index is 1.45. The molecule has 9 heteroatoms. The van der Waals surface area contributed by atoms with Crippen LogP contribution < -0.4 is 20.1 Å². The molecule has 2 aromatic carbocycles. The molecule has 2 amide bonds. The minimum absolute atomic E-state index is 0.0652. The van der Waals surface area contributed by atoms with Gasteiger partial charge < -0.3 is 25.2 Å². The van der Waals surface area contributed by atoms with E-state index in [0.29, 0.717) is 41.2 Å². The maximum atomic E-state index is 13.6. The Kier molecular flexibility index (Phi) is 6.17. The second-order valence-electron chi connectivity index (χ2n) is 11.4. The largest absolute Gasteiger partial charge is 0.493 e. The van der Waals surface area contributed by atoms with E-state index < -0.39 is 28.8 Å². The molecule has 9 nitrogen and oxygen atoms in total. The number of hydrogen-bond donors (Lipinski definition) is 4. The zero-order valence-electron chi connectivity index (χ0n) is 22.6. The highest BCUT2D eigenvalue weighted by atomic mass is 16.5. The van der Waals surface area contributed by atoms with E-state index in [0.717, 1.165) is 6.42 Å². The Morgan fingerprint density at radius 1 is 1.16 bits per heavy atom. The third kappa shape index (κ3) is 4.18. The fourth-order valence-electron chi connectivity index (χ4n) is 5.54. The first-order valence-corrected chi connectivity index (χ1v) is 13.1. The number of carbonyl (C=O) groups is 2. The molecule has 1 saturated heterocycles. The van der Waals surface area contributed by atoms with Crippen LogP contribution in [0.5, 0.6) is 11.5 Å². The summed E-state index contributed by atoms with van der Waals surface area (Å²) in [5.74, 6) is 0.777. The number of fused-ring (bicyclic) bond motifs is 2. The highest BCUT2D eigenvalue weighted by molar-refractivity contribution is 6.00. The molecule has 0 aromatic heterocycles. The molecule has 0 spiro atoms. The molecule has 4 N–H and O–H groups in total. The van der Waals surface area contributed by atoms with Crippen molar-refractivity contribution in [3.8, 4) is 11.5 Å². The van der Waals surface area contributed by atoms with Gasteiger partial charge in [0.25, 0.3) is 5.91 Å². The molecule has 38 heavy (non-hydrogen) atoms. The lowest BCUT2D eigenvalue weighted by Gasteiger charge is -2.49.